The molecule has 0 bridgehead atoms. The van der Waals surface area contributed by atoms with E-state index in [2.05, 4.69) is 15.4 Å². The van der Waals surface area contributed by atoms with Crippen LogP contribution in [0.25, 0.3) is 5.13 Å². The highest BCUT2D eigenvalue weighted by molar-refractivity contribution is 7.12. The summed E-state index contributed by atoms with van der Waals surface area (Å²) < 4.78 is 19.9. The SMILES string of the molecule is Cc1cc(C)n(-c2nc(C(=O)NCCOc3ccc(F)cc3)cs2)n1. The first-order valence-corrected chi connectivity index (χ1v) is 8.56. The molecule has 1 amide bonds. The van der Waals surface area contributed by atoms with Crippen molar-refractivity contribution < 1.29 is 13.9 Å². The first-order valence-electron chi connectivity index (χ1n) is 7.68. The number of benzene rings is 1. The van der Waals surface area contributed by atoms with E-state index in [9.17, 15) is 9.18 Å². The number of aromatic nitrogens is 3. The number of carbonyl (C=O) groups is 1. The molecule has 0 unspecified atom stereocenters. The smallest absolute Gasteiger partial charge is 0.270 e. The molecule has 2 aromatic heterocycles. The van der Waals surface area contributed by atoms with Crippen molar-refractivity contribution in [3.8, 4) is 10.9 Å². The van der Waals surface area contributed by atoms with Gasteiger partial charge in [-0.15, -0.1) is 11.3 Å². The molecule has 3 rings (SSSR count). The van der Waals surface area contributed by atoms with Crippen molar-refractivity contribution in [2.45, 2.75) is 13.8 Å². The van der Waals surface area contributed by atoms with Crippen LogP contribution >= 0.6 is 11.3 Å². The van der Waals surface area contributed by atoms with E-state index in [0.29, 0.717) is 23.1 Å². The molecule has 2 heterocycles. The molecule has 3 aromatic rings. The van der Waals surface area contributed by atoms with Crippen molar-refractivity contribution in [2.24, 2.45) is 0 Å². The van der Waals surface area contributed by atoms with Gasteiger partial charge in [-0.2, -0.15) is 5.10 Å². The summed E-state index contributed by atoms with van der Waals surface area (Å²) >= 11 is 1.36. The van der Waals surface area contributed by atoms with Gasteiger partial charge >= 0.3 is 0 Å². The molecular formula is C17H17FN4O2S. The van der Waals surface area contributed by atoms with E-state index in [1.54, 1.807) is 10.1 Å². The van der Waals surface area contributed by atoms with Crippen LogP contribution in [-0.2, 0) is 0 Å². The summed E-state index contributed by atoms with van der Waals surface area (Å²) in [5.74, 6) is -0.0366. The lowest BCUT2D eigenvalue weighted by atomic mass is 10.3. The van der Waals surface area contributed by atoms with E-state index >= 15 is 0 Å². The van der Waals surface area contributed by atoms with Crippen LogP contribution in [0.15, 0.2) is 35.7 Å². The third kappa shape index (κ3) is 4.21. The number of carbonyl (C=O) groups excluding carboxylic acids is 1. The van der Waals surface area contributed by atoms with Gasteiger partial charge in [-0.05, 0) is 44.2 Å². The third-order valence-electron chi connectivity index (χ3n) is 3.39. The average molecular weight is 360 g/mol. The Bertz CT molecular complexity index is 873. The standard InChI is InChI=1S/C17H17FN4O2S/c1-11-9-12(2)22(21-11)17-20-15(10-25-17)16(23)19-7-8-24-14-5-3-13(18)4-6-14/h3-6,9-10H,7-8H2,1-2H3,(H,19,23). The van der Waals surface area contributed by atoms with Gasteiger partial charge in [-0.3, -0.25) is 4.79 Å². The Kier molecular flexibility index (Phi) is 5.08. The van der Waals surface area contributed by atoms with Crippen LogP contribution in [-0.4, -0.2) is 33.8 Å². The number of aryl methyl sites for hydroxylation is 2. The first-order chi connectivity index (χ1) is 12.0. The first kappa shape index (κ1) is 17.1. The largest absolute Gasteiger partial charge is 0.492 e. The highest BCUT2D eigenvalue weighted by Gasteiger charge is 2.13. The van der Waals surface area contributed by atoms with Crippen LogP contribution in [0, 0.1) is 19.7 Å². The lowest BCUT2D eigenvalue weighted by molar-refractivity contribution is 0.0942. The van der Waals surface area contributed by atoms with Crippen molar-refractivity contribution in [2.75, 3.05) is 13.2 Å². The van der Waals surface area contributed by atoms with Gasteiger partial charge in [0.05, 0.1) is 12.2 Å². The predicted octanol–water partition coefficient (Wildman–Crippen LogP) is 2.89. The molecule has 0 aliphatic carbocycles. The van der Waals surface area contributed by atoms with E-state index in [-0.39, 0.29) is 18.3 Å². The van der Waals surface area contributed by atoms with E-state index < -0.39 is 0 Å². The van der Waals surface area contributed by atoms with Gasteiger partial charge in [-0.25, -0.2) is 14.1 Å². The maximum atomic E-state index is 12.8. The highest BCUT2D eigenvalue weighted by Crippen LogP contribution is 2.17. The van der Waals surface area contributed by atoms with Crippen molar-refractivity contribution in [3.05, 3.63) is 58.6 Å². The number of nitrogens with zero attached hydrogens (tertiary/aromatic N) is 3. The molecule has 1 aromatic carbocycles. The second-order valence-corrected chi connectivity index (χ2v) is 6.25. The number of hydrogen-bond acceptors (Lipinski definition) is 5. The number of rotatable bonds is 6. The summed E-state index contributed by atoms with van der Waals surface area (Å²) in [5, 5.41) is 9.44. The number of nitrogens with one attached hydrogen (secondary N) is 1. The molecule has 0 fully saturated rings. The molecule has 6 nitrogen and oxygen atoms in total. The van der Waals surface area contributed by atoms with Crippen molar-refractivity contribution in [3.63, 3.8) is 0 Å². The summed E-state index contributed by atoms with van der Waals surface area (Å²) in [7, 11) is 0. The maximum Gasteiger partial charge on any atom is 0.270 e. The number of ether oxygens (including phenoxy) is 1. The van der Waals surface area contributed by atoms with Crippen molar-refractivity contribution >= 4 is 17.2 Å². The van der Waals surface area contributed by atoms with Gasteiger partial charge in [0, 0.05) is 11.1 Å². The zero-order valence-corrected chi connectivity index (χ0v) is 14.6. The van der Waals surface area contributed by atoms with E-state index in [1.165, 1.54) is 35.6 Å². The van der Waals surface area contributed by atoms with Crippen LogP contribution in [0.5, 0.6) is 5.75 Å². The van der Waals surface area contributed by atoms with Crippen LogP contribution in [0.2, 0.25) is 0 Å². The Morgan fingerprint density at radius 3 is 2.76 bits per heavy atom. The number of amides is 1. The molecule has 0 atom stereocenters. The minimum Gasteiger partial charge on any atom is -0.492 e. The normalized spacial score (nSPS) is 10.7. The number of halogens is 1. The molecule has 25 heavy (non-hydrogen) atoms. The van der Waals surface area contributed by atoms with Crippen LogP contribution in [0.1, 0.15) is 21.9 Å². The fourth-order valence-electron chi connectivity index (χ4n) is 2.24. The topological polar surface area (TPSA) is 69.0 Å². The minimum absolute atomic E-state index is 0.272. The summed E-state index contributed by atoms with van der Waals surface area (Å²) in [6.45, 7) is 4.45. The summed E-state index contributed by atoms with van der Waals surface area (Å²) in [4.78, 5) is 16.5. The Morgan fingerprint density at radius 1 is 1.32 bits per heavy atom. The second-order valence-electron chi connectivity index (χ2n) is 5.41. The monoisotopic (exact) mass is 360 g/mol. The molecule has 0 saturated heterocycles. The van der Waals surface area contributed by atoms with Crippen LogP contribution in [0.3, 0.4) is 0 Å². The van der Waals surface area contributed by atoms with Gasteiger partial charge < -0.3 is 10.1 Å². The lowest BCUT2D eigenvalue weighted by Gasteiger charge is -2.06. The van der Waals surface area contributed by atoms with Crippen molar-refractivity contribution in [1.82, 2.24) is 20.1 Å². The fourth-order valence-corrected chi connectivity index (χ4v) is 3.06. The van der Waals surface area contributed by atoms with E-state index in [1.807, 2.05) is 19.9 Å². The predicted molar refractivity (Wildman–Crippen MR) is 92.9 cm³/mol. The second kappa shape index (κ2) is 7.43. The number of hydrogen-bond donors (Lipinski definition) is 1. The molecule has 0 aliphatic heterocycles. The molecule has 8 heteroatoms. The van der Waals surface area contributed by atoms with Gasteiger partial charge in [0.2, 0.25) is 5.13 Å². The van der Waals surface area contributed by atoms with Crippen molar-refractivity contribution in [1.29, 1.82) is 0 Å². The molecule has 1 N–H and O–H groups in total. The zero-order valence-electron chi connectivity index (χ0n) is 13.8. The molecule has 0 saturated carbocycles. The quantitative estimate of drug-likeness (QED) is 0.686. The Hall–Kier alpha value is -2.74. The third-order valence-corrected chi connectivity index (χ3v) is 4.20. The average Bonchev–Trinajstić information content (AvgIpc) is 3.19. The summed E-state index contributed by atoms with van der Waals surface area (Å²) in [6.07, 6.45) is 0. The molecule has 130 valence electrons. The Labute approximate surface area is 148 Å². The Morgan fingerprint density at radius 2 is 2.08 bits per heavy atom. The zero-order chi connectivity index (χ0) is 17.8. The van der Waals surface area contributed by atoms with Gasteiger partial charge in [-0.1, -0.05) is 0 Å². The molecule has 0 aliphatic rings. The minimum atomic E-state index is -0.317. The summed E-state index contributed by atoms with van der Waals surface area (Å²) in [5.41, 5.74) is 2.21. The van der Waals surface area contributed by atoms with E-state index in [0.717, 1.165) is 11.4 Å². The van der Waals surface area contributed by atoms with Crippen LogP contribution < -0.4 is 10.1 Å². The van der Waals surface area contributed by atoms with E-state index in [4.69, 9.17) is 4.74 Å². The lowest BCUT2D eigenvalue weighted by Crippen LogP contribution is -2.28. The molecular weight excluding hydrogens is 343 g/mol. The maximum absolute atomic E-state index is 12.8. The molecule has 0 spiro atoms. The highest BCUT2D eigenvalue weighted by atomic mass is 32.1. The summed E-state index contributed by atoms with van der Waals surface area (Å²) in [6, 6.07) is 7.68. The Balaban J connectivity index is 1.52. The fraction of sp³-hybridized carbons (Fsp3) is 0.235. The van der Waals surface area contributed by atoms with Gasteiger partial charge in [0.1, 0.15) is 23.9 Å². The van der Waals surface area contributed by atoms with Crippen LogP contribution in [0.4, 0.5) is 4.39 Å². The van der Waals surface area contributed by atoms with Gasteiger partial charge in [0.25, 0.3) is 5.91 Å². The number of thiazole rings is 1. The van der Waals surface area contributed by atoms with Gasteiger partial charge in [0.15, 0.2) is 0 Å². The molecule has 0 radical (unpaired) electrons.